The highest BCUT2D eigenvalue weighted by Crippen LogP contribution is 2.25. The Morgan fingerprint density at radius 3 is 1.05 bits per heavy atom. The topological polar surface area (TPSA) is 311 Å². The van der Waals surface area contributed by atoms with Gasteiger partial charge in [0.2, 0.25) is 0 Å². The van der Waals surface area contributed by atoms with Crippen molar-refractivity contribution < 1.29 is 0 Å². The summed E-state index contributed by atoms with van der Waals surface area (Å²) < 4.78 is 0. The van der Waals surface area contributed by atoms with E-state index in [2.05, 4.69) is 251 Å². The molecular weight excluding hydrogens is 1300 g/mol. The maximum Gasteiger partial charge on any atom is 0.0226 e. The summed E-state index contributed by atoms with van der Waals surface area (Å²) in [4.78, 5) is 30.6. The van der Waals surface area contributed by atoms with E-state index in [1.807, 2.05) is 7.05 Å². The van der Waals surface area contributed by atoms with E-state index >= 15 is 0 Å². The van der Waals surface area contributed by atoms with Crippen LogP contribution < -0.4 is 62.7 Å². The first kappa shape index (κ1) is 101. The lowest BCUT2D eigenvalue weighted by atomic mass is 9.99. The van der Waals surface area contributed by atoms with Crippen LogP contribution in [0.15, 0.2) is 0 Å². The molecule has 104 heavy (non-hydrogen) atoms. The molecule has 6 heterocycles. The van der Waals surface area contributed by atoms with Gasteiger partial charge in [-0.1, -0.05) is 27.2 Å². The molecular formula is C81H185N23. The van der Waals surface area contributed by atoms with Gasteiger partial charge in [0.1, 0.15) is 0 Å². The molecule has 21 N–H and O–H groups in total. The summed E-state index contributed by atoms with van der Waals surface area (Å²) in [6.07, 6.45) is 6.95. The van der Waals surface area contributed by atoms with Crippen molar-refractivity contribution in [2.75, 3.05) is 158 Å². The molecule has 624 valence electrons. The normalized spacial score (nSPS) is 30.8. The van der Waals surface area contributed by atoms with Crippen LogP contribution in [0.1, 0.15) is 225 Å². The monoisotopic (exact) mass is 1480 g/mol. The highest BCUT2D eigenvalue weighted by atomic mass is 15.4. The molecule has 6 aliphatic heterocycles. The van der Waals surface area contributed by atoms with Gasteiger partial charge in [-0.25, -0.2) is 0 Å². The Bertz CT molecular complexity index is 2040. The molecule has 0 aromatic heterocycles. The summed E-state index contributed by atoms with van der Waals surface area (Å²) in [6, 6.07) is 10.2. The first-order chi connectivity index (χ1) is 48.2. The number of hydrogen-bond acceptors (Lipinski definition) is 23. The van der Waals surface area contributed by atoms with E-state index in [9.17, 15) is 0 Å². The maximum atomic E-state index is 6.15. The van der Waals surface area contributed by atoms with Crippen LogP contribution in [0, 0.1) is 0 Å². The molecule has 0 aromatic rings. The van der Waals surface area contributed by atoms with Gasteiger partial charge >= 0.3 is 0 Å². The van der Waals surface area contributed by atoms with Crippen molar-refractivity contribution in [1.82, 2.24) is 64.1 Å². The third-order valence-corrected chi connectivity index (χ3v) is 22.9. The van der Waals surface area contributed by atoms with E-state index < -0.39 is 0 Å². The quantitative estimate of drug-likeness (QED) is 0.0456. The van der Waals surface area contributed by atoms with Crippen LogP contribution >= 0.6 is 0 Å². The van der Waals surface area contributed by atoms with Gasteiger partial charge in [-0.05, 0) is 218 Å². The standard InChI is InChI=1S/4C14H32N4.C13H29N3.C12H28N4/c1-11-7-17(9-13(3,4)15)8-12(2)18(11)10-14(5,6)16;1-9-7-17(13(5)11(3)15)8-10(2)18(9)14(6)12(4)16;1-11(15)5-7-17-9-13(3)18(14(4)10-17)8-6-12(2)16;1-5-13(15)9-17-7-11(3)18(12(4)8-17)10-14(16)6-2;1-5-6-8-16-12(2)10-15(9-7-14-4)11-13(16)3;1-9(13)5-15-7-11(3)16(6-10(2)14)12(4)8-15/h11-12H,7-10,15-16H2,1-6H3;9-14H,7-8,15-16H2,1-6H3;2*11-14H,5-10,15-16H2,1-4H3;12-14H,5-11H2,1-4H3;9-12H,5-8,13-14H2,1-4H3. The van der Waals surface area contributed by atoms with Gasteiger partial charge in [0.15, 0.2) is 0 Å². The number of unbranched alkanes of at least 4 members (excludes halogenated alkanes) is 1. The van der Waals surface area contributed by atoms with Crippen LogP contribution in [0.4, 0.5) is 0 Å². The fourth-order valence-corrected chi connectivity index (χ4v) is 17.1. The van der Waals surface area contributed by atoms with Crippen molar-refractivity contribution in [2.24, 2.45) is 57.3 Å². The molecule has 0 amide bonds. The van der Waals surface area contributed by atoms with Gasteiger partial charge in [0.25, 0.3) is 0 Å². The van der Waals surface area contributed by atoms with E-state index in [-0.39, 0.29) is 35.2 Å². The summed E-state index contributed by atoms with van der Waals surface area (Å²) >= 11 is 0. The highest BCUT2D eigenvalue weighted by Gasteiger charge is 2.38. The average molecular weight is 1480 g/mol. The van der Waals surface area contributed by atoms with E-state index in [1.165, 1.54) is 39.0 Å². The zero-order valence-corrected chi connectivity index (χ0v) is 73.8. The maximum absolute atomic E-state index is 6.15. The number of nitrogens with one attached hydrogen (secondary N) is 1. The second kappa shape index (κ2) is 50.9. The smallest absolute Gasteiger partial charge is 0.0226 e. The highest BCUT2D eigenvalue weighted by molar-refractivity contribution is 4.96. The molecule has 0 aromatic carbocycles. The number of nitrogens with zero attached hydrogens (tertiary/aromatic N) is 12. The van der Waals surface area contributed by atoms with Crippen molar-refractivity contribution in [2.45, 2.75) is 369 Å². The molecule has 22 unspecified atom stereocenters. The summed E-state index contributed by atoms with van der Waals surface area (Å²) in [5.74, 6) is 0. The molecule has 23 nitrogen and oxygen atoms in total. The van der Waals surface area contributed by atoms with Crippen LogP contribution in [-0.2, 0) is 0 Å². The molecule has 0 bridgehead atoms. The van der Waals surface area contributed by atoms with Gasteiger partial charge in [0, 0.05) is 281 Å². The van der Waals surface area contributed by atoms with Crippen molar-refractivity contribution >= 4 is 0 Å². The first-order valence-electron chi connectivity index (χ1n) is 42.4. The predicted molar refractivity (Wildman–Crippen MR) is 455 cm³/mol. The summed E-state index contributed by atoms with van der Waals surface area (Å²) in [5, 5.41) is 3.23. The van der Waals surface area contributed by atoms with Crippen LogP contribution in [-0.4, -0.2) is 360 Å². The molecule has 22 atom stereocenters. The van der Waals surface area contributed by atoms with Crippen LogP contribution in [0.5, 0.6) is 0 Å². The molecule has 6 rings (SSSR count). The Hall–Kier alpha value is -0.920. The molecule has 6 aliphatic rings. The van der Waals surface area contributed by atoms with E-state index in [4.69, 9.17) is 57.3 Å². The Morgan fingerprint density at radius 1 is 0.346 bits per heavy atom. The fraction of sp³-hybridized carbons (Fsp3) is 1.00. The number of piperazine rings is 6. The van der Waals surface area contributed by atoms with Crippen LogP contribution in [0.3, 0.4) is 0 Å². The lowest BCUT2D eigenvalue weighted by Crippen LogP contribution is -2.64. The number of likely N-dealkylation sites (N-methyl/N-ethyl adjacent to an activating group) is 1. The minimum absolute atomic E-state index is 0.116. The van der Waals surface area contributed by atoms with E-state index in [1.54, 1.807) is 0 Å². The Balaban J connectivity index is 0.000000624. The first-order valence-corrected chi connectivity index (χ1v) is 42.4. The van der Waals surface area contributed by atoms with Gasteiger partial charge in [0.05, 0.1) is 0 Å². The summed E-state index contributed by atoms with van der Waals surface area (Å²) in [6.45, 7) is 85.1. The SMILES string of the molecule is CC(N)C(C)N1CC(C)N(C(C)C(C)N)C(C)C1.CC(N)CCN1CC(C)N(CCC(C)N)C(C)C1.CC(N)CN1CC(C)N(CC(C)N)C(C)C1.CC1CN(CC(C)(C)N)CC(C)N1CC(C)(C)N.CCC(N)CN1CC(C)N(CC(N)CC)C(C)C1.CCCCN1C(C)CN(CCNC)CC1C. The molecule has 23 heteroatoms. The van der Waals surface area contributed by atoms with Crippen molar-refractivity contribution in [3.8, 4) is 0 Å². The van der Waals surface area contributed by atoms with Crippen molar-refractivity contribution in [3.05, 3.63) is 0 Å². The fourth-order valence-electron chi connectivity index (χ4n) is 17.1. The Morgan fingerprint density at radius 2 is 0.683 bits per heavy atom. The largest absolute Gasteiger partial charge is 0.328 e. The average Bonchev–Trinajstić information content (AvgIpc) is 0.821. The Kier molecular flexibility index (Phi) is 49.5. The molecule has 6 fully saturated rings. The molecule has 0 radical (unpaired) electrons. The van der Waals surface area contributed by atoms with Gasteiger partial charge in [-0.3, -0.25) is 53.9 Å². The number of hydrogen-bond donors (Lipinski definition) is 11. The van der Waals surface area contributed by atoms with Crippen LogP contribution in [0.25, 0.3) is 0 Å². The van der Waals surface area contributed by atoms with E-state index in [0.29, 0.717) is 109 Å². The predicted octanol–water partition coefficient (Wildman–Crippen LogP) is 4.90. The summed E-state index contributed by atoms with van der Waals surface area (Å²) in [7, 11) is 2.03. The zero-order chi connectivity index (χ0) is 79.8. The molecule has 0 spiro atoms. The summed E-state index contributed by atoms with van der Waals surface area (Å²) in [5.41, 5.74) is 59.7. The third kappa shape index (κ3) is 40.0. The minimum Gasteiger partial charge on any atom is -0.328 e. The van der Waals surface area contributed by atoms with Gasteiger partial charge < -0.3 is 67.6 Å². The lowest BCUT2D eigenvalue weighted by molar-refractivity contribution is -0.0117. The Labute approximate surface area is 645 Å². The second-order valence-electron chi connectivity index (χ2n) is 36.7. The third-order valence-electron chi connectivity index (χ3n) is 22.9. The molecule has 0 aliphatic carbocycles. The molecule has 0 saturated carbocycles. The van der Waals surface area contributed by atoms with E-state index in [0.717, 1.165) is 150 Å². The second-order valence-corrected chi connectivity index (χ2v) is 36.7. The van der Waals surface area contributed by atoms with Crippen molar-refractivity contribution in [3.63, 3.8) is 0 Å². The van der Waals surface area contributed by atoms with Gasteiger partial charge in [-0.15, -0.1) is 0 Å². The number of nitrogens with two attached hydrogens (primary N) is 10. The van der Waals surface area contributed by atoms with Crippen molar-refractivity contribution in [1.29, 1.82) is 0 Å². The van der Waals surface area contributed by atoms with Gasteiger partial charge in [-0.2, -0.15) is 0 Å². The lowest BCUT2D eigenvalue weighted by Gasteiger charge is -2.50. The number of rotatable bonds is 30. The zero-order valence-electron chi connectivity index (χ0n) is 73.8. The molecule has 6 saturated heterocycles. The minimum atomic E-state index is -0.127. The van der Waals surface area contributed by atoms with Crippen LogP contribution in [0.2, 0.25) is 0 Å².